The van der Waals surface area contributed by atoms with Crippen LogP contribution in [0.4, 0.5) is 0 Å². The van der Waals surface area contributed by atoms with Gasteiger partial charge in [-0.25, -0.2) is 17.9 Å². The highest BCUT2D eigenvalue weighted by atomic mass is 32.2. The Kier molecular flexibility index (Phi) is 5.15. The molecule has 11 heteroatoms. The summed E-state index contributed by atoms with van der Waals surface area (Å²) in [6.07, 6.45) is 3.34. The predicted molar refractivity (Wildman–Crippen MR) is 103 cm³/mol. The Labute approximate surface area is 166 Å². The first-order valence-electron chi connectivity index (χ1n) is 8.71. The van der Waals surface area contributed by atoms with Gasteiger partial charge in [-0.3, -0.25) is 4.79 Å². The molecule has 0 saturated carbocycles. The molecular weight excluding hydrogens is 402 g/mol. The van der Waals surface area contributed by atoms with Crippen LogP contribution in [0.1, 0.15) is 20.9 Å². The van der Waals surface area contributed by atoms with Gasteiger partial charge in [0.15, 0.2) is 5.65 Å². The van der Waals surface area contributed by atoms with Gasteiger partial charge in [-0.1, -0.05) is 0 Å². The molecule has 28 heavy (non-hydrogen) atoms. The fourth-order valence-corrected chi connectivity index (χ4v) is 5.88. The molecule has 3 aromatic rings. The summed E-state index contributed by atoms with van der Waals surface area (Å²) in [4.78, 5) is 17.6. The summed E-state index contributed by atoms with van der Waals surface area (Å²) in [6.45, 7) is 3.50. The van der Waals surface area contributed by atoms with E-state index in [1.54, 1.807) is 42.0 Å². The molecule has 0 radical (unpaired) electrons. The van der Waals surface area contributed by atoms with Crippen molar-refractivity contribution in [3.05, 3.63) is 46.7 Å². The summed E-state index contributed by atoms with van der Waals surface area (Å²) in [5.74, 6) is -0.294. The molecule has 0 unspecified atom stereocenters. The molecule has 1 aliphatic heterocycles. The van der Waals surface area contributed by atoms with E-state index in [2.05, 4.69) is 15.4 Å². The predicted octanol–water partition coefficient (Wildman–Crippen LogP) is 1.05. The minimum atomic E-state index is -3.52. The molecule has 0 atom stereocenters. The number of hydrogen-bond donors (Lipinski definition) is 1. The summed E-state index contributed by atoms with van der Waals surface area (Å²) in [5, 5.41) is 7.11. The second-order valence-corrected chi connectivity index (χ2v) is 9.60. The highest BCUT2D eigenvalue weighted by Gasteiger charge is 2.28. The third-order valence-corrected chi connectivity index (χ3v) is 7.87. The van der Waals surface area contributed by atoms with E-state index in [0.29, 0.717) is 43.2 Å². The molecule has 0 aliphatic carbocycles. The van der Waals surface area contributed by atoms with Gasteiger partial charge >= 0.3 is 0 Å². The normalized spacial score (nSPS) is 15.8. The lowest BCUT2D eigenvalue weighted by Gasteiger charge is -2.25. The van der Waals surface area contributed by atoms with Crippen molar-refractivity contribution in [2.24, 2.45) is 0 Å². The molecule has 4 heterocycles. The maximum absolute atomic E-state index is 12.7. The van der Waals surface area contributed by atoms with Crippen LogP contribution in [0.25, 0.3) is 5.65 Å². The molecule has 1 N–H and O–H groups in total. The number of ether oxygens (including phenoxy) is 1. The highest BCUT2D eigenvalue weighted by molar-refractivity contribution is 7.91. The molecule has 0 spiro atoms. The lowest BCUT2D eigenvalue weighted by Crippen LogP contribution is -2.40. The van der Waals surface area contributed by atoms with Gasteiger partial charge < -0.3 is 10.1 Å². The Hall–Kier alpha value is -2.34. The molecule has 1 aliphatic rings. The quantitative estimate of drug-likeness (QED) is 0.660. The van der Waals surface area contributed by atoms with Crippen LogP contribution in [0, 0.1) is 6.92 Å². The Bertz CT molecular complexity index is 1120. The first-order chi connectivity index (χ1) is 13.5. The van der Waals surface area contributed by atoms with Crippen molar-refractivity contribution >= 4 is 32.9 Å². The van der Waals surface area contributed by atoms with E-state index in [4.69, 9.17) is 4.74 Å². The van der Waals surface area contributed by atoms with Crippen LogP contribution in [0.5, 0.6) is 0 Å². The molecule has 3 aromatic heterocycles. The van der Waals surface area contributed by atoms with Gasteiger partial charge in [0.1, 0.15) is 9.77 Å². The lowest BCUT2D eigenvalue weighted by molar-refractivity contribution is 0.0731. The molecule has 148 valence electrons. The van der Waals surface area contributed by atoms with E-state index in [0.717, 1.165) is 16.2 Å². The number of aromatic nitrogens is 3. The van der Waals surface area contributed by atoms with Crippen LogP contribution in [0.2, 0.25) is 0 Å². The number of aryl methyl sites for hydroxylation is 1. The fraction of sp³-hybridized carbons (Fsp3) is 0.353. The van der Waals surface area contributed by atoms with Crippen LogP contribution < -0.4 is 5.32 Å². The van der Waals surface area contributed by atoms with E-state index in [9.17, 15) is 13.2 Å². The first-order valence-corrected chi connectivity index (χ1v) is 11.0. The summed E-state index contributed by atoms with van der Waals surface area (Å²) < 4.78 is 33.9. The third kappa shape index (κ3) is 3.53. The fourth-order valence-electron chi connectivity index (χ4n) is 3.02. The molecule has 1 saturated heterocycles. The van der Waals surface area contributed by atoms with Gasteiger partial charge in [-0.15, -0.1) is 11.3 Å². The molecule has 4 rings (SSSR count). The zero-order valence-electron chi connectivity index (χ0n) is 15.2. The number of nitrogens with one attached hydrogen (secondary N) is 1. The minimum absolute atomic E-state index is 0.228. The van der Waals surface area contributed by atoms with Gasteiger partial charge in [0.25, 0.3) is 15.9 Å². The van der Waals surface area contributed by atoms with Crippen molar-refractivity contribution in [1.29, 1.82) is 0 Å². The van der Waals surface area contributed by atoms with Crippen LogP contribution >= 0.6 is 11.3 Å². The topological polar surface area (TPSA) is 106 Å². The largest absolute Gasteiger partial charge is 0.379 e. The number of amides is 1. The molecule has 1 fully saturated rings. The van der Waals surface area contributed by atoms with Crippen molar-refractivity contribution in [3.63, 3.8) is 0 Å². The molecule has 9 nitrogen and oxygen atoms in total. The van der Waals surface area contributed by atoms with E-state index in [1.807, 2.05) is 0 Å². The SMILES string of the molecule is Cc1nn2cccnc2c1C(=O)NCc1ccc(S(=O)(=O)N2CCOCC2)s1. The smallest absolute Gasteiger partial charge is 0.257 e. The third-order valence-electron chi connectivity index (χ3n) is 4.42. The molecule has 1 amide bonds. The summed E-state index contributed by atoms with van der Waals surface area (Å²) in [6, 6.07) is 5.04. The van der Waals surface area contributed by atoms with E-state index < -0.39 is 10.0 Å². The summed E-state index contributed by atoms with van der Waals surface area (Å²) in [5.41, 5.74) is 1.48. The van der Waals surface area contributed by atoms with Crippen molar-refractivity contribution < 1.29 is 17.9 Å². The summed E-state index contributed by atoms with van der Waals surface area (Å²) in [7, 11) is -3.52. The van der Waals surface area contributed by atoms with Crippen LogP contribution in [0.3, 0.4) is 0 Å². The lowest BCUT2D eigenvalue weighted by atomic mass is 10.2. The maximum Gasteiger partial charge on any atom is 0.257 e. The number of nitrogens with zero attached hydrogens (tertiary/aromatic N) is 4. The molecule has 0 bridgehead atoms. The van der Waals surface area contributed by atoms with Crippen LogP contribution in [-0.4, -0.2) is 59.5 Å². The van der Waals surface area contributed by atoms with Gasteiger partial charge in [0, 0.05) is 30.4 Å². The van der Waals surface area contributed by atoms with Gasteiger partial charge in [0.05, 0.1) is 25.5 Å². The average Bonchev–Trinajstić information content (AvgIpc) is 3.31. The Morgan fingerprint density at radius 1 is 1.32 bits per heavy atom. The zero-order valence-corrected chi connectivity index (χ0v) is 16.8. The number of thiophene rings is 1. The van der Waals surface area contributed by atoms with E-state index >= 15 is 0 Å². The first kappa shape index (κ1) is 19.0. The van der Waals surface area contributed by atoms with Crippen molar-refractivity contribution in [3.8, 4) is 0 Å². The Balaban J connectivity index is 1.47. The van der Waals surface area contributed by atoms with Gasteiger partial charge in [-0.05, 0) is 25.1 Å². The molecular formula is C17H19N5O4S2. The maximum atomic E-state index is 12.7. The second kappa shape index (κ2) is 7.59. The van der Waals surface area contributed by atoms with E-state index in [1.165, 1.54) is 4.31 Å². The van der Waals surface area contributed by atoms with Crippen molar-refractivity contribution in [1.82, 2.24) is 24.2 Å². The van der Waals surface area contributed by atoms with Crippen LogP contribution in [0.15, 0.2) is 34.8 Å². The standard InChI is InChI=1S/C17H19N5O4S2/c1-12-15(16-18-5-2-6-22(16)20-12)17(23)19-11-13-3-4-14(27-13)28(24,25)21-7-9-26-10-8-21/h2-6H,7-11H2,1H3,(H,19,23). The summed E-state index contributed by atoms with van der Waals surface area (Å²) >= 11 is 1.16. The number of rotatable bonds is 5. The number of sulfonamides is 1. The Morgan fingerprint density at radius 2 is 2.11 bits per heavy atom. The van der Waals surface area contributed by atoms with Crippen molar-refractivity contribution in [2.45, 2.75) is 17.7 Å². The number of carbonyl (C=O) groups excluding carboxylic acids is 1. The number of carbonyl (C=O) groups is 1. The molecule has 0 aromatic carbocycles. The van der Waals surface area contributed by atoms with Gasteiger partial charge in [0.2, 0.25) is 0 Å². The monoisotopic (exact) mass is 421 g/mol. The van der Waals surface area contributed by atoms with E-state index in [-0.39, 0.29) is 16.7 Å². The number of morpholine rings is 1. The Morgan fingerprint density at radius 3 is 2.89 bits per heavy atom. The van der Waals surface area contributed by atoms with Crippen LogP contribution in [-0.2, 0) is 21.3 Å². The van der Waals surface area contributed by atoms with Gasteiger partial charge in [-0.2, -0.15) is 9.40 Å². The number of hydrogen-bond acceptors (Lipinski definition) is 7. The zero-order chi connectivity index (χ0) is 19.7. The second-order valence-electron chi connectivity index (χ2n) is 6.27. The highest BCUT2D eigenvalue weighted by Crippen LogP contribution is 2.25. The van der Waals surface area contributed by atoms with Crippen molar-refractivity contribution in [2.75, 3.05) is 26.3 Å². The number of fused-ring (bicyclic) bond motifs is 1. The average molecular weight is 422 g/mol. The minimum Gasteiger partial charge on any atom is -0.379 e.